The van der Waals surface area contributed by atoms with Crippen molar-refractivity contribution >= 4 is 0 Å². The van der Waals surface area contributed by atoms with Crippen LogP contribution in [0.15, 0.2) is 12.4 Å². The summed E-state index contributed by atoms with van der Waals surface area (Å²) in [6.45, 7) is 9.48. The molecule has 1 atom stereocenters. The van der Waals surface area contributed by atoms with E-state index in [1.165, 1.54) is 238 Å². The monoisotopic (exact) mass is 631 g/mol. The summed E-state index contributed by atoms with van der Waals surface area (Å²) in [4.78, 5) is 5.41. The molecule has 0 N–H and O–H groups in total. The maximum absolute atomic E-state index is 2.71. The molecule has 1 aliphatic rings. The molecule has 0 radical (unpaired) electrons. The molecule has 1 unspecified atom stereocenters. The van der Waals surface area contributed by atoms with Gasteiger partial charge in [-0.2, -0.15) is 0 Å². The molecular weight excluding hydrogens is 544 g/mol. The van der Waals surface area contributed by atoms with E-state index in [1.807, 2.05) is 0 Å². The molecular formula is C43H86N2. The zero-order chi connectivity index (χ0) is 32.3. The first-order valence-corrected chi connectivity index (χ1v) is 21.5. The summed E-state index contributed by atoms with van der Waals surface area (Å²) in [5, 5.41) is 0. The highest BCUT2D eigenvalue weighted by molar-refractivity contribution is 4.97. The van der Waals surface area contributed by atoms with Crippen LogP contribution < -0.4 is 0 Å². The van der Waals surface area contributed by atoms with Crippen molar-refractivity contribution in [2.75, 3.05) is 13.1 Å². The molecule has 0 saturated heterocycles. The van der Waals surface area contributed by atoms with Crippen molar-refractivity contribution in [3.05, 3.63) is 12.4 Å². The summed E-state index contributed by atoms with van der Waals surface area (Å²) in [5.74, 6) is 0. The molecule has 2 nitrogen and oxygen atoms in total. The number of unbranched alkanes of at least 4 members (excludes halogenated alkanes) is 31. The molecule has 268 valence electrons. The Morgan fingerprint density at radius 2 is 0.511 bits per heavy atom. The van der Waals surface area contributed by atoms with Crippen LogP contribution in [-0.4, -0.2) is 29.1 Å². The Labute approximate surface area is 286 Å². The first kappa shape index (κ1) is 42.4. The van der Waals surface area contributed by atoms with Gasteiger partial charge >= 0.3 is 0 Å². The van der Waals surface area contributed by atoms with Gasteiger partial charge in [-0.25, -0.2) is 0 Å². The lowest BCUT2D eigenvalue weighted by atomic mass is 10.0. The van der Waals surface area contributed by atoms with Gasteiger partial charge in [0.05, 0.1) is 0 Å². The van der Waals surface area contributed by atoms with Crippen molar-refractivity contribution in [1.29, 1.82) is 0 Å². The number of rotatable bonds is 37. The van der Waals surface area contributed by atoms with E-state index in [-0.39, 0.29) is 0 Å². The molecule has 0 aromatic rings. The third-order valence-electron chi connectivity index (χ3n) is 10.6. The molecule has 0 aliphatic carbocycles. The van der Waals surface area contributed by atoms with Gasteiger partial charge in [0.25, 0.3) is 0 Å². The lowest BCUT2D eigenvalue weighted by molar-refractivity contribution is 0.135. The van der Waals surface area contributed by atoms with Crippen LogP contribution >= 0.6 is 0 Å². The minimum Gasteiger partial charge on any atom is -0.356 e. The summed E-state index contributed by atoms with van der Waals surface area (Å²) in [6.07, 6.45) is 55.9. The van der Waals surface area contributed by atoms with Gasteiger partial charge in [-0.1, -0.05) is 220 Å². The SMILES string of the molecule is CCCCCCCCCCCCCCCCCCC1N(CCCCCC)C=CN1CCCCCCCCCCCCCCCC. The third-order valence-corrected chi connectivity index (χ3v) is 10.6. The zero-order valence-electron chi connectivity index (χ0n) is 31.8. The molecule has 0 aromatic heterocycles. The van der Waals surface area contributed by atoms with Crippen LogP contribution in [0.1, 0.15) is 245 Å². The molecule has 1 aliphatic heterocycles. The zero-order valence-corrected chi connectivity index (χ0v) is 31.8. The van der Waals surface area contributed by atoms with Crippen LogP contribution in [0.3, 0.4) is 0 Å². The lowest BCUT2D eigenvalue weighted by Gasteiger charge is -2.33. The fraction of sp³-hybridized carbons (Fsp3) is 0.953. The molecule has 2 heteroatoms. The summed E-state index contributed by atoms with van der Waals surface area (Å²) < 4.78 is 0. The van der Waals surface area contributed by atoms with Crippen molar-refractivity contribution in [3.8, 4) is 0 Å². The van der Waals surface area contributed by atoms with Gasteiger partial charge in [-0.05, 0) is 25.7 Å². The maximum Gasteiger partial charge on any atom is 0.101 e. The third kappa shape index (κ3) is 27.0. The van der Waals surface area contributed by atoms with Crippen molar-refractivity contribution in [3.63, 3.8) is 0 Å². The number of hydrogen-bond donors (Lipinski definition) is 0. The van der Waals surface area contributed by atoms with Crippen molar-refractivity contribution < 1.29 is 0 Å². The second-order valence-electron chi connectivity index (χ2n) is 15.0. The fourth-order valence-electron chi connectivity index (χ4n) is 7.42. The van der Waals surface area contributed by atoms with E-state index in [4.69, 9.17) is 0 Å². The Kier molecular flexibility index (Phi) is 32.6. The fourth-order valence-corrected chi connectivity index (χ4v) is 7.42. The highest BCUT2D eigenvalue weighted by Gasteiger charge is 2.24. The number of hydrogen-bond acceptors (Lipinski definition) is 2. The van der Waals surface area contributed by atoms with E-state index in [9.17, 15) is 0 Å². The summed E-state index contributed by atoms with van der Waals surface area (Å²) >= 11 is 0. The van der Waals surface area contributed by atoms with Crippen LogP contribution in [0, 0.1) is 0 Å². The highest BCUT2D eigenvalue weighted by Crippen LogP contribution is 2.24. The lowest BCUT2D eigenvalue weighted by Crippen LogP contribution is -2.39. The molecule has 0 aromatic carbocycles. The van der Waals surface area contributed by atoms with E-state index < -0.39 is 0 Å². The predicted octanol–water partition coefficient (Wildman–Crippen LogP) is 15.1. The molecule has 0 spiro atoms. The smallest absolute Gasteiger partial charge is 0.101 e. The first-order valence-electron chi connectivity index (χ1n) is 21.5. The van der Waals surface area contributed by atoms with Gasteiger partial charge in [0, 0.05) is 25.5 Å². The molecule has 0 bridgehead atoms. The normalized spacial score (nSPS) is 14.8. The van der Waals surface area contributed by atoms with Crippen molar-refractivity contribution in [1.82, 2.24) is 9.80 Å². The summed E-state index contributed by atoms with van der Waals surface area (Å²) in [6, 6.07) is 0. The molecule has 0 amide bonds. The number of nitrogens with zero attached hydrogens (tertiary/aromatic N) is 2. The van der Waals surface area contributed by atoms with E-state index in [1.54, 1.807) is 0 Å². The van der Waals surface area contributed by atoms with Crippen molar-refractivity contribution in [2.24, 2.45) is 0 Å². The van der Waals surface area contributed by atoms with E-state index in [0.717, 1.165) is 0 Å². The molecule has 1 heterocycles. The highest BCUT2D eigenvalue weighted by atomic mass is 15.4. The average molecular weight is 631 g/mol. The Morgan fingerprint density at radius 3 is 0.800 bits per heavy atom. The van der Waals surface area contributed by atoms with Crippen LogP contribution in [0.4, 0.5) is 0 Å². The Hall–Kier alpha value is -0.660. The van der Waals surface area contributed by atoms with Crippen LogP contribution in [0.2, 0.25) is 0 Å². The van der Waals surface area contributed by atoms with Gasteiger partial charge in [0.1, 0.15) is 6.17 Å². The molecule has 0 saturated carbocycles. The minimum absolute atomic E-state index is 0.639. The molecule has 1 rings (SSSR count). The summed E-state index contributed by atoms with van der Waals surface area (Å²) in [7, 11) is 0. The topological polar surface area (TPSA) is 6.48 Å². The Morgan fingerprint density at radius 1 is 0.289 bits per heavy atom. The van der Waals surface area contributed by atoms with E-state index in [0.29, 0.717) is 6.17 Å². The van der Waals surface area contributed by atoms with E-state index in [2.05, 4.69) is 43.0 Å². The van der Waals surface area contributed by atoms with Gasteiger partial charge in [-0.3, -0.25) is 0 Å². The van der Waals surface area contributed by atoms with Gasteiger partial charge in [0.2, 0.25) is 0 Å². The quantitative estimate of drug-likeness (QED) is 0.0630. The largest absolute Gasteiger partial charge is 0.356 e. The maximum atomic E-state index is 2.71. The molecule has 0 fully saturated rings. The Balaban J connectivity index is 2.08. The van der Waals surface area contributed by atoms with Crippen molar-refractivity contribution in [2.45, 2.75) is 252 Å². The predicted molar refractivity (Wildman–Crippen MR) is 205 cm³/mol. The van der Waals surface area contributed by atoms with Crippen LogP contribution in [0.25, 0.3) is 0 Å². The van der Waals surface area contributed by atoms with E-state index >= 15 is 0 Å². The average Bonchev–Trinajstić information content (AvgIpc) is 3.44. The summed E-state index contributed by atoms with van der Waals surface area (Å²) in [5.41, 5.74) is 0. The van der Waals surface area contributed by atoms with Gasteiger partial charge in [0.15, 0.2) is 0 Å². The standard InChI is InChI=1S/C43H86N2/c1-4-7-10-13-15-17-19-21-23-24-25-27-29-31-33-35-38-43-44(39-36-12-9-6-3)41-42-45(43)40-37-34-32-30-28-26-22-20-18-16-14-11-8-5-2/h41-43H,4-40H2,1-3H3. The van der Waals surface area contributed by atoms with Gasteiger partial charge < -0.3 is 9.80 Å². The molecule has 45 heavy (non-hydrogen) atoms. The van der Waals surface area contributed by atoms with Gasteiger partial charge in [-0.15, -0.1) is 0 Å². The second kappa shape index (κ2) is 34.7. The van der Waals surface area contributed by atoms with Crippen LogP contribution in [0.5, 0.6) is 0 Å². The second-order valence-corrected chi connectivity index (χ2v) is 15.0. The Bertz CT molecular complexity index is 586. The minimum atomic E-state index is 0.639. The van der Waals surface area contributed by atoms with Crippen LogP contribution in [-0.2, 0) is 0 Å². The first-order chi connectivity index (χ1) is 22.3.